The van der Waals surface area contributed by atoms with Crippen LogP contribution in [0, 0.1) is 11.3 Å². The molecular formula is C14H14BrNO2. The summed E-state index contributed by atoms with van der Waals surface area (Å²) in [6.07, 6.45) is 4.60. The molecule has 0 saturated heterocycles. The van der Waals surface area contributed by atoms with Crippen LogP contribution in [0.1, 0.15) is 48.0 Å². The lowest BCUT2D eigenvalue weighted by molar-refractivity contribution is 0.0693. The molecule has 0 unspecified atom stereocenters. The molecule has 1 aliphatic carbocycles. The molecule has 18 heavy (non-hydrogen) atoms. The van der Waals surface area contributed by atoms with Crippen LogP contribution in [0.2, 0.25) is 0 Å². The van der Waals surface area contributed by atoms with Gasteiger partial charge in [0.25, 0.3) is 0 Å². The van der Waals surface area contributed by atoms with Crippen LogP contribution in [0.25, 0.3) is 0 Å². The molecule has 2 rings (SSSR count). The van der Waals surface area contributed by atoms with E-state index in [0.717, 1.165) is 36.6 Å². The highest BCUT2D eigenvalue weighted by atomic mass is 79.9. The highest BCUT2D eigenvalue weighted by Crippen LogP contribution is 2.41. The lowest BCUT2D eigenvalue weighted by atomic mass is 9.69. The molecule has 0 bridgehead atoms. The van der Waals surface area contributed by atoms with Crippen molar-refractivity contribution in [1.82, 2.24) is 0 Å². The third-order valence-corrected chi connectivity index (χ3v) is 4.14. The molecule has 0 atom stereocenters. The van der Waals surface area contributed by atoms with Crippen LogP contribution >= 0.6 is 15.9 Å². The average molecular weight is 308 g/mol. The summed E-state index contributed by atoms with van der Waals surface area (Å²) in [5.41, 5.74) is 0.281. The predicted molar refractivity (Wildman–Crippen MR) is 71.5 cm³/mol. The molecule has 0 aromatic heterocycles. The Hall–Kier alpha value is -1.34. The Morgan fingerprint density at radius 1 is 1.33 bits per heavy atom. The first kappa shape index (κ1) is 13.1. The number of nitrogens with zero attached hydrogens (tertiary/aromatic N) is 1. The highest BCUT2D eigenvalue weighted by Gasteiger charge is 2.37. The first-order valence-electron chi connectivity index (χ1n) is 6.04. The van der Waals surface area contributed by atoms with Crippen LogP contribution in [0.3, 0.4) is 0 Å². The van der Waals surface area contributed by atoms with E-state index in [2.05, 4.69) is 22.0 Å². The Bertz CT molecular complexity index is 513. The van der Waals surface area contributed by atoms with E-state index in [1.165, 1.54) is 0 Å². The van der Waals surface area contributed by atoms with Crippen molar-refractivity contribution in [2.75, 3.05) is 0 Å². The number of benzene rings is 1. The van der Waals surface area contributed by atoms with Crippen molar-refractivity contribution in [3.63, 3.8) is 0 Å². The number of rotatable bonds is 2. The Kier molecular flexibility index (Phi) is 3.72. The standard InChI is InChI=1S/C14H14BrNO2/c15-10-4-5-11(13(17)18)12(8-10)14(9-16)6-2-1-3-7-14/h4-5,8H,1-3,6-7H2,(H,17,18). The van der Waals surface area contributed by atoms with Crippen molar-refractivity contribution in [1.29, 1.82) is 5.26 Å². The predicted octanol–water partition coefficient (Wildman–Crippen LogP) is 3.87. The zero-order valence-electron chi connectivity index (χ0n) is 9.95. The van der Waals surface area contributed by atoms with E-state index >= 15 is 0 Å². The number of aromatic carboxylic acids is 1. The lowest BCUT2D eigenvalue weighted by Gasteiger charge is -2.32. The Morgan fingerprint density at radius 2 is 2.00 bits per heavy atom. The van der Waals surface area contributed by atoms with E-state index in [0.29, 0.717) is 5.56 Å². The first-order chi connectivity index (χ1) is 8.59. The molecule has 0 radical (unpaired) electrons. The largest absolute Gasteiger partial charge is 0.478 e. The van der Waals surface area contributed by atoms with Crippen LogP contribution < -0.4 is 0 Å². The zero-order chi connectivity index (χ0) is 13.2. The number of carbonyl (C=O) groups is 1. The van der Waals surface area contributed by atoms with E-state index in [1.54, 1.807) is 18.2 Å². The van der Waals surface area contributed by atoms with Crippen molar-refractivity contribution < 1.29 is 9.90 Å². The molecule has 4 heteroatoms. The van der Waals surface area contributed by atoms with Gasteiger partial charge in [-0.25, -0.2) is 4.79 Å². The van der Waals surface area contributed by atoms with E-state index in [9.17, 15) is 15.2 Å². The monoisotopic (exact) mass is 307 g/mol. The average Bonchev–Trinajstić information content (AvgIpc) is 2.39. The van der Waals surface area contributed by atoms with Crippen molar-refractivity contribution >= 4 is 21.9 Å². The topological polar surface area (TPSA) is 61.1 Å². The van der Waals surface area contributed by atoms with Gasteiger partial charge in [-0.2, -0.15) is 5.26 Å². The van der Waals surface area contributed by atoms with Crippen LogP contribution in [-0.2, 0) is 5.41 Å². The Balaban J connectivity index is 2.57. The summed E-state index contributed by atoms with van der Waals surface area (Å²) in [5, 5.41) is 18.8. The van der Waals surface area contributed by atoms with Crippen molar-refractivity contribution in [3.05, 3.63) is 33.8 Å². The smallest absolute Gasteiger partial charge is 0.336 e. The molecule has 94 valence electrons. The quantitative estimate of drug-likeness (QED) is 0.902. The van der Waals surface area contributed by atoms with Gasteiger partial charge in [-0.05, 0) is 36.6 Å². The number of halogens is 1. The second-order valence-corrected chi connectivity index (χ2v) is 5.67. The van der Waals surface area contributed by atoms with Crippen molar-refractivity contribution in [2.45, 2.75) is 37.5 Å². The lowest BCUT2D eigenvalue weighted by Crippen LogP contribution is -2.29. The maximum absolute atomic E-state index is 11.3. The second kappa shape index (κ2) is 5.11. The summed E-state index contributed by atoms with van der Waals surface area (Å²) < 4.78 is 0.822. The van der Waals surface area contributed by atoms with E-state index in [4.69, 9.17) is 0 Å². The third kappa shape index (κ3) is 2.28. The summed E-state index contributed by atoms with van der Waals surface area (Å²) in [6, 6.07) is 7.45. The molecule has 1 aromatic carbocycles. The molecule has 1 aromatic rings. The summed E-state index contributed by atoms with van der Waals surface area (Å²) in [5.74, 6) is -0.960. The van der Waals surface area contributed by atoms with Crippen LogP contribution in [-0.4, -0.2) is 11.1 Å². The van der Waals surface area contributed by atoms with Gasteiger partial charge in [0.2, 0.25) is 0 Å². The zero-order valence-corrected chi connectivity index (χ0v) is 11.5. The summed E-state index contributed by atoms with van der Waals surface area (Å²) in [6.45, 7) is 0. The molecule has 0 heterocycles. The van der Waals surface area contributed by atoms with E-state index in [1.807, 2.05) is 0 Å². The third-order valence-electron chi connectivity index (χ3n) is 3.65. The molecule has 1 aliphatic rings. The van der Waals surface area contributed by atoms with Crippen LogP contribution in [0.15, 0.2) is 22.7 Å². The van der Waals surface area contributed by atoms with E-state index in [-0.39, 0.29) is 5.56 Å². The van der Waals surface area contributed by atoms with Gasteiger partial charge in [-0.15, -0.1) is 0 Å². The van der Waals surface area contributed by atoms with Crippen LogP contribution in [0.4, 0.5) is 0 Å². The first-order valence-corrected chi connectivity index (χ1v) is 6.83. The number of hydrogen-bond donors (Lipinski definition) is 1. The second-order valence-electron chi connectivity index (χ2n) is 4.75. The van der Waals surface area contributed by atoms with Gasteiger partial charge in [0.1, 0.15) is 0 Å². The van der Waals surface area contributed by atoms with E-state index < -0.39 is 11.4 Å². The number of nitriles is 1. The fourth-order valence-electron chi connectivity index (χ4n) is 2.70. The minimum absolute atomic E-state index is 0.252. The minimum Gasteiger partial charge on any atom is -0.478 e. The SMILES string of the molecule is N#CC1(c2cc(Br)ccc2C(=O)O)CCCCC1. The maximum atomic E-state index is 11.3. The molecule has 0 spiro atoms. The van der Waals surface area contributed by atoms with Gasteiger partial charge in [0, 0.05) is 4.47 Å². The number of hydrogen-bond acceptors (Lipinski definition) is 2. The Labute approximate surface area is 115 Å². The molecule has 0 aliphatic heterocycles. The molecule has 3 nitrogen and oxygen atoms in total. The van der Waals surface area contributed by atoms with Crippen molar-refractivity contribution in [2.24, 2.45) is 0 Å². The van der Waals surface area contributed by atoms with Gasteiger partial charge in [-0.3, -0.25) is 0 Å². The van der Waals surface area contributed by atoms with Gasteiger partial charge < -0.3 is 5.11 Å². The minimum atomic E-state index is -0.960. The molecule has 1 saturated carbocycles. The molecular weight excluding hydrogens is 294 g/mol. The highest BCUT2D eigenvalue weighted by molar-refractivity contribution is 9.10. The van der Waals surface area contributed by atoms with Crippen molar-refractivity contribution in [3.8, 4) is 6.07 Å². The maximum Gasteiger partial charge on any atom is 0.336 e. The van der Waals surface area contributed by atoms with Gasteiger partial charge in [0.15, 0.2) is 0 Å². The summed E-state index contributed by atoms with van der Waals surface area (Å²) in [4.78, 5) is 11.3. The van der Waals surface area contributed by atoms with Gasteiger partial charge >= 0.3 is 5.97 Å². The molecule has 0 amide bonds. The summed E-state index contributed by atoms with van der Waals surface area (Å²) >= 11 is 3.36. The van der Waals surface area contributed by atoms with Gasteiger partial charge in [-0.1, -0.05) is 35.2 Å². The molecule has 1 fully saturated rings. The van der Waals surface area contributed by atoms with Gasteiger partial charge in [0.05, 0.1) is 17.0 Å². The number of carboxylic acid groups (broad SMARTS) is 1. The van der Waals surface area contributed by atoms with Crippen LogP contribution in [0.5, 0.6) is 0 Å². The normalized spacial score (nSPS) is 18.0. The number of carboxylic acids is 1. The summed E-state index contributed by atoms with van der Waals surface area (Å²) in [7, 11) is 0. The fourth-order valence-corrected chi connectivity index (χ4v) is 3.06. The molecule has 1 N–H and O–H groups in total. The Morgan fingerprint density at radius 3 is 2.56 bits per heavy atom. The fraction of sp³-hybridized carbons (Fsp3) is 0.429.